The van der Waals surface area contributed by atoms with Crippen LogP contribution in [0.25, 0.3) is 0 Å². The molecule has 0 bridgehead atoms. The molecule has 0 aromatic rings. The van der Waals surface area contributed by atoms with Gasteiger partial charge in [-0.25, -0.2) is 0 Å². The predicted octanol–water partition coefficient (Wildman–Crippen LogP) is 3.56. The normalized spacial score (nSPS) is 41.5. The molecule has 0 amide bonds. The van der Waals surface area contributed by atoms with E-state index in [1.165, 1.54) is 77.2 Å². The molecule has 2 nitrogen and oxygen atoms in total. The number of rotatable bonds is 2. The Hall–Kier alpha value is -0.0800. The van der Waals surface area contributed by atoms with Gasteiger partial charge in [0.25, 0.3) is 0 Å². The van der Waals surface area contributed by atoms with E-state index in [-0.39, 0.29) is 0 Å². The van der Waals surface area contributed by atoms with Crippen LogP contribution >= 0.6 is 0 Å². The average molecular weight is 264 g/mol. The van der Waals surface area contributed by atoms with E-state index < -0.39 is 0 Å². The number of nitrogens with zero attached hydrogens (tertiary/aromatic N) is 1. The van der Waals surface area contributed by atoms with E-state index in [0.717, 1.165) is 24.0 Å². The van der Waals surface area contributed by atoms with Gasteiger partial charge < -0.3 is 5.32 Å². The predicted molar refractivity (Wildman–Crippen MR) is 81.4 cm³/mol. The Morgan fingerprint density at radius 2 is 1.42 bits per heavy atom. The van der Waals surface area contributed by atoms with Gasteiger partial charge in [0.1, 0.15) is 0 Å². The van der Waals surface area contributed by atoms with E-state index in [1.54, 1.807) is 0 Å². The fourth-order valence-electron chi connectivity index (χ4n) is 5.10. The highest BCUT2D eigenvalue weighted by molar-refractivity contribution is 4.95. The van der Waals surface area contributed by atoms with Crippen molar-refractivity contribution in [1.29, 1.82) is 0 Å². The molecule has 2 aliphatic carbocycles. The van der Waals surface area contributed by atoms with Crippen LogP contribution in [0.1, 0.15) is 70.6 Å². The van der Waals surface area contributed by atoms with Crippen LogP contribution in [0.2, 0.25) is 0 Å². The maximum absolute atomic E-state index is 3.65. The van der Waals surface area contributed by atoms with Crippen LogP contribution in [0, 0.1) is 5.92 Å². The summed E-state index contributed by atoms with van der Waals surface area (Å²) < 4.78 is 0. The first-order valence-corrected chi connectivity index (χ1v) is 8.83. The third kappa shape index (κ3) is 3.00. The van der Waals surface area contributed by atoms with Crippen molar-refractivity contribution < 1.29 is 0 Å². The van der Waals surface area contributed by atoms with Crippen LogP contribution in [-0.4, -0.2) is 36.6 Å². The summed E-state index contributed by atoms with van der Waals surface area (Å²) >= 11 is 0. The zero-order valence-electron chi connectivity index (χ0n) is 12.7. The highest BCUT2D eigenvalue weighted by atomic mass is 15.2. The molecule has 0 spiro atoms. The van der Waals surface area contributed by atoms with Crippen molar-refractivity contribution in [3.05, 3.63) is 0 Å². The molecule has 4 unspecified atom stereocenters. The van der Waals surface area contributed by atoms with Crippen molar-refractivity contribution >= 4 is 0 Å². The van der Waals surface area contributed by atoms with E-state index in [9.17, 15) is 0 Å². The maximum Gasteiger partial charge on any atom is 0.0252 e. The van der Waals surface area contributed by atoms with Gasteiger partial charge in [0.15, 0.2) is 0 Å². The minimum Gasteiger partial charge on any atom is -0.315 e. The summed E-state index contributed by atoms with van der Waals surface area (Å²) in [4.78, 5) is 2.96. The van der Waals surface area contributed by atoms with Gasteiger partial charge in [0.2, 0.25) is 0 Å². The molecule has 0 aromatic heterocycles. The monoisotopic (exact) mass is 264 g/mol. The molecular formula is C17H32N2. The smallest absolute Gasteiger partial charge is 0.0252 e. The Morgan fingerprint density at radius 1 is 0.737 bits per heavy atom. The molecule has 1 saturated heterocycles. The summed E-state index contributed by atoms with van der Waals surface area (Å²) in [5.41, 5.74) is 0. The van der Waals surface area contributed by atoms with E-state index in [0.29, 0.717) is 0 Å². The maximum atomic E-state index is 3.65. The fraction of sp³-hybridized carbons (Fsp3) is 1.00. The summed E-state index contributed by atoms with van der Waals surface area (Å²) in [6.45, 7) is 1.38. The molecule has 19 heavy (non-hydrogen) atoms. The molecule has 1 aliphatic heterocycles. The van der Waals surface area contributed by atoms with E-state index >= 15 is 0 Å². The molecule has 1 heterocycles. The quantitative estimate of drug-likeness (QED) is 0.767. The summed E-state index contributed by atoms with van der Waals surface area (Å²) in [5, 5.41) is 3.65. The lowest BCUT2D eigenvalue weighted by Crippen LogP contribution is -2.57. The number of fused-ring (bicyclic) bond motifs is 1. The molecule has 3 rings (SSSR count). The summed E-state index contributed by atoms with van der Waals surface area (Å²) in [6.07, 6.45) is 16.1. The molecule has 4 atom stereocenters. The van der Waals surface area contributed by atoms with Crippen molar-refractivity contribution in [2.45, 2.75) is 88.8 Å². The Morgan fingerprint density at radius 3 is 2.32 bits per heavy atom. The van der Waals surface area contributed by atoms with Gasteiger partial charge in [-0.15, -0.1) is 0 Å². The van der Waals surface area contributed by atoms with Gasteiger partial charge in [0, 0.05) is 18.1 Å². The largest absolute Gasteiger partial charge is 0.315 e. The first-order valence-electron chi connectivity index (χ1n) is 8.83. The van der Waals surface area contributed by atoms with Crippen molar-refractivity contribution in [3.8, 4) is 0 Å². The molecule has 1 N–H and O–H groups in total. The number of hydrogen-bond acceptors (Lipinski definition) is 2. The lowest BCUT2D eigenvalue weighted by Gasteiger charge is -2.49. The number of likely N-dealkylation sites (N-methyl/N-ethyl adjacent to an activating group) is 1. The van der Waals surface area contributed by atoms with E-state index in [4.69, 9.17) is 0 Å². The lowest BCUT2D eigenvalue weighted by molar-refractivity contribution is 0.0107. The second-order valence-electron chi connectivity index (χ2n) is 7.09. The van der Waals surface area contributed by atoms with Crippen LogP contribution in [0.4, 0.5) is 0 Å². The fourth-order valence-corrected chi connectivity index (χ4v) is 5.10. The molecule has 0 aromatic carbocycles. The average Bonchev–Trinajstić information content (AvgIpc) is 2.71. The van der Waals surface area contributed by atoms with Gasteiger partial charge in [-0.3, -0.25) is 4.90 Å². The van der Waals surface area contributed by atoms with Gasteiger partial charge in [-0.2, -0.15) is 0 Å². The zero-order valence-corrected chi connectivity index (χ0v) is 12.7. The van der Waals surface area contributed by atoms with Gasteiger partial charge in [-0.1, -0.05) is 32.1 Å². The summed E-state index contributed by atoms with van der Waals surface area (Å²) in [7, 11) is 2.19. The third-order valence-corrected chi connectivity index (χ3v) is 6.06. The van der Waals surface area contributed by atoms with Crippen LogP contribution in [-0.2, 0) is 0 Å². The minimum absolute atomic E-state index is 0.753. The Bertz CT molecular complexity index is 276. The van der Waals surface area contributed by atoms with Crippen molar-refractivity contribution in [1.82, 2.24) is 10.2 Å². The standard InChI is InChI=1S/C17H32N2/c1-18-15-10-3-2-4-12-17(15)19-13-7-9-14-8-5-6-11-16(14)19/h14-18H,2-13H2,1H3. The highest BCUT2D eigenvalue weighted by Crippen LogP contribution is 2.38. The molecular weight excluding hydrogens is 232 g/mol. The summed E-state index contributed by atoms with van der Waals surface area (Å²) in [5.74, 6) is 1.03. The van der Waals surface area contributed by atoms with Crippen LogP contribution in [0.5, 0.6) is 0 Å². The first kappa shape index (κ1) is 13.9. The number of likely N-dealkylation sites (tertiary alicyclic amines) is 1. The third-order valence-electron chi connectivity index (χ3n) is 6.06. The number of nitrogens with one attached hydrogen (secondary N) is 1. The Kier molecular flexibility index (Phi) is 4.81. The second kappa shape index (κ2) is 6.58. The van der Waals surface area contributed by atoms with Crippen molar-refractivity contribution in [2.75, 3.05) is 13.6 Å². The molecule has 3 aliphatic rings. The van der Waals surface area contributed by atoms with Crippen LogP contribution in [0.15, 0.2) is 0 Å². The topological polar surface area (TPSA) is 15.3 Å². The van der Waals surface area contributed by atoms with Gasteiger partial charge in [-0.05, 0) is 58.0 Å². The number of piperidine rings is 1. The summed E-state index contributed by atoms with van der Waals surface area (Å²) in [6, 6.07) is 2.52. The first-order chi connectivity index (χ1) is 9.40. The number of hydrogen-bond donors (Lipinski definition) is 1. The minimum atomic E-state index is 0.753. The molecule has 3 fully saturated rings. The van der Waals surface area contributed by atoms with Crippen LogP contribution in [0.3, 0.4) is 0 Å². The lowest BCUT2D eigenvalue weighted by atomic mass is 9.77. The molecule has 0 radical (unpaired) electrons. The second-order valence-corrected chi connectivity index (χ2v) is 7.09. The van der Waals surface area contributed by atoms with Gasteiger partial charge >= 0.3 is 0 Å². The van der Waals surface area contributed by atoms with Crippen molar-refractivity contribution in [2.24, 2.45) is 5.92 Å². The zero-order chi connectivity index (χ0) is 13.1. The Labute approximate surface area is 119 Å². The SMILES string of the molecule is CNC1CCCCCC1N1CCCC2CCCCC21. The van der Waals surface area contributed by atoms with Crippen molar-refractivity contribution in [3.63, 3.8) is 0 Å². The van der Waals surface area contributed by atoms with Gasteiger partial charge in [0.05, 0.1) is 0 Å². The highest BCUT2D eigenvalue weighted by Gasteiger charge is 2.39. The Balaban J connectivity index is 1.73. The molecule has 110 valence electrons. The van der Waals surface area contributed by atoms with E-state index in [2.05, 4.69) is 17.3 Å². The molecule has 2 saturated carbocycles. The van der Waals surface area contributed by atoms with Crippen LogP contribution < -0.4 is 5.32 Å². The van der Waals surface area contributed by atoms with E-state index in [1.807, 2.05) is 0 Å². The molecule has 2 heteroatoms.